The van der Waals surface area contributed by atoms with E-state index in [9.17, 15) is 0 Å². The molecule has 0 amide bonds. The average Bonchev–Trinajstić information content (AvgIpc) is 3.05. The molecule has 3 saturated heterocycles. The SMILES string of the molecule is C[C@]12CC3(CC[C@]14OCC[C@H]2CN4Cc1ccccc1)OCCO3. The lowest BCUT2D eigenvalue weighted by atomic mass is 9.60. The minimum atomic E-state index is -0.347. The van der Waals surface area contributed by atoms with Gasteiger partial charge >= 0.3 is 0 Å². The van der Waals surface area contributed by atoms with Crippen LogP contribution in [0.5, 0.6) is 0 Å². The van der Waals surface area contributed by atoms with Crippen LogP contribution in [0.4, 0.5) is 0 Å². The molecule has 3 atom stereocenters. The van der Waals surface area contributed by atoms with Gasteiger partial charge in [0.25, 0.3) is 0 Å². The highest BCUT2D eigenvalue weighted by molar-refractivity contribution is 5.19. The Morgan fingerprint density at radius 2 is 1.83 bits per heavy atom. The van der Waals surface area contributed by atoms with Crippen molar-refractivity contribution in [2.75, 3.05) is 26.4 Å². The Hall–Kier alpha value is -0.940. The van der Waals surface area contributed by atoms with E-state index in [4.69, 9.17) is 14.2 Å². The minimum Gasteiger partial charge on any atom is -0.360 e. The van der Waals surface area contributed by atoms with Gasteiger partial charge in [0.2, 0.25) is 0 Å². The predicted octanol–water partition coefficient (Wildman–Crippen LogP) is 3.17. The van der Waals surface area contributed by atoms with E-state index in [2.05, 4.69) is 42.2 Å². The molecule has 1 spiro atoms. The molecule has 4 heteroatoms. The molecule has 1 aromatic rings. The standard InChI is InChI=1S/C20H27NO3/c1-18-15-19(22-11-12-23-19)8-9-20(18)21(14-17(18)7-10-24-20)13-16-5-3-2-4-6-16/h2-6,17H,7-15H2,1H3/t17-,18+,20-/m0/s1. The fourth-order valence-corrected chi connectivity index (χ4v) is 5.88. The lowest BCUT2D eigenvalue weighted by Crippen LogP contribution is -2.63. The summed E-state index contributed by atoms with van der Waals surface area (Å²) in [6, 6.07) is 10.8. The smallest absolute Gasteiger partial charge is 0.169 e. The number of nitrogens with zero attached hydrogens (tertiary/aromatic N) is 1. The molecule has 1 saturated carbocycles. The Bertz CT molecular complexity index is 615. The molecule has 4 fully saturated rings. The molecule has 4 nitrogen and oxygen atoms in total. The Labute approximate surface area is 144 Å². The van der Waals surface area contributed by atoms with Gasteiger partial charge in [0.1, 0.15) is 5.72 Å². The highest BCUT2D eigenvalue weighted by Gasteiger charge is 2.69. The molecular formula is C20H27NO3. The zero-order valence-electron chi connectivity index (χ0n) is 14.5. The van der Waals surface area contributed by atoms with E-state index >= 15 is 0 Å². The van der Waals surface area contributed by atoms with Gasteiger partial charge in [-0.05, 0) is 24.3 Å². The van der Waals surface area contributed by atoms with E-state index in [0.717, 1.165) is 58.6 Å². The number of ether oxygens (including phenoxy) is 3. The number of hydrogen-bond donors (Lipinski definition) is 0. The second-order valence-corrected chi connectivity index (χ2v) is 8.19. The first-order chi connectivity index (χ1) is 11.7. The van der Waals surface area contributed by atoms with Crippen molar-refractivity contribution in [3.63, 3.8) is 0 Å². The van der Waals surface area contributed by atoms with Crippen molar-refractivity contribution in [1.29, 1.82) is 0 Å². The summed E-state index contributed by atoms with van der Waals surface area (Å²) in [5, 5.41) is 0. The number of likely N-dealkylation sites (tertiary alicyclic amines) is 1. The summed E-state index contributed by atoms with van der Waals surface area (Å²) in [6.07, 6.45) is 4.07. The lowest BCUT2D eigenvalue weighted by molar-refractivity contribution is -0.299. The summed E-state index contributed by atoms with van der Waals surface area (Å²) >= 11 is 0. The molecule has 24 heavy (non-hydrogen) atoms. The Kier molecular flexibility index (Phi) is 3.37. The molecule has 5 rings (SSSR count). The summed E-state index contributed by atoms with van der Waals surface area (Å²) in [5.74, 6) is 0.319. The van der Waals surface area contributed by atoms with Gasteiger partial charge < -0.3 is 14.2 Å². The van der Waals surface area contributed by atoms with Gasteiger partial charge in [-0.3, -0.25) is 4.90 Å². The molecule has 3 heterocycles. The first kappa shape index (κ1) is 15.3. The fraction of sp³-hybridized carbons (Fsp3) is 0.700. The Morgan fingerprint density at radius 3 is 2.62 bits per heavy atom. The largest absolute Gasteiger partial charge is 0.360 e. The number of hydrogen-bond acceptors (Lipinski definition) is 4. The van der Waals surface area contributed by atoms with Gasteiger partial charge in [-0.2, -0.15) is 0 Å². The van der Waals surface area contributed by atoms with Crippen molar-refractivity contribution >= 4 is 0 Å². The monoisotopic (exact) mass is 329 g/mol. The topological polar surface area (TPSA) is 30.9 Å². The first-order valence-electron chi connectivity index (χ1n) is 9.37. The van der Waals surface area contributed by atoms with E-state index in [1.807, 2.05) is 0 Å². The van der Waals surface area contributed by atoms with E-state index < -0.39 is 0 Å². The van der Waals surface area contributed by atoms with Crippen LogP contribution in [-0.2, 0) is 20.8 Å². The van der Waals surface area contributed by atoms with Gasteiger partial charge in [-0.1, -0.05) is 37.3 Å². The fourth-order valence-electron chi connectivity index (χ4n) is 5.88. The summed E-state index contributed by atoms with van der Waals surface area (Å²) in [5.41, 5.74) is 1.34. The Morgan fingerprint density at radius 1 is 1.04 bits per heavy atom. The highest BCUT2D eigenvalue weighted by Crippen LogP contribution is 2.64. The second-order valence-electron chi connectivity index (χ2n) is 8.19. The third-order valence-electron chi connectivity index (χ3n) is 7.06. The molecular weight excluding hydrogens is 302 g/mol. The van der Waals surface area contributed by atoms with Crippen molar-refractivity contribution in [1.82, 2.24) is 4.90 Å². The van der Waals surface area contributed by atoms with Gasteiger partial charge in [-0.25, -0.2) is 0 Å². The lowest BCUT2D eigenvalue weighted by Gasteiger charge is -2.57. The Balaban J connectivity index is 1.48. The molecule has 0 unspecified atom stereocenters. The molecule has 4 aliphatic rings. The molecule has 130 valence electrons. The minimum absolute atomic E-state index is 0.114. The van der Waals surface area contributed by atoms with Crippen molar-refractivity contribution < 1.29 is 14.2 Å². The van der Waals surface area contributed by atoms with E-state index in [1.165, 1.54) is 5.56 Å². The zero-order chi connectivity index (χ0) is 16.3. The molecule has 3 aliphatic heterocycles. The highest BCUT2D eigenvalue weighted by atomic mass is 16.7. The second kappa shape index (κ2) is 5.28. The summed E-state index contributed by atoms with van der Waals surface area (Å²) in [4.78, 5) is 2.61. The van der Waals surface area contributed by atoms with Crippen LogP contribution < -0.4 is 0 Å². The van der Waals surface area contributed by atoms with Crippen LogP contribution in [0.1, 0.15) is 38.2 Å². The van der Waals surface area contributed by atoms with Crippen LogP contribution in [0.25, 0.3) is 0 Å². The molecule has 2 bridgehead atoms. The third-order valence-corrected chi connectivity index (χ3v) is 7.06. The van der Waals surface area contributed by atoms with E-state index in [-0.39, 0.29) is 16.9 Å². The molecule has 1 aromatic carbocycles. The van der Waals surface area contributed by atoms with Crippen LogP contribution in [0.15, 0.2) is 30.3 Å². The number of rotatable bonds is 2. The van der Waals surface area contributed by atoms with Gasteiger partial charge in [-0.15, -0.1) is 0 Å². The summed E-state index contributed by atoms with van der Waals surface area (Å²) in [7, 11) is 0. The van der Waals surface area contributed by atoms with Crippen LogP contribution in [0.2, 0.25) is 0 Å². The summed E-state index contributed by atoms with van der Waals surface area (Å²) < 4.78 is 18.7. The quantitative estimate of drug-likeness (QED) is 0.834. The molecule has 0 aromatic heterocycles. The van der Waals surface area contributed by atoms with Crippen molar-refractivity contribution in [2.24, 2.45) is 11.3 Å². The maximum Gasteiger partial charge on any atom is 0.169 e. The van der Waals surface area contributed by atoms with Gasteiger partial charge in [0, 0.05) is 38.0 Å². The maximum absolute atomic E-state index is 6.57. The van der Waals surface area contributed by atoms with Crippen molar-refractivity contribution in [2.45, 2.75) is 50.7 Å². The molecule has 0 N–H and O–H groups in total. The summed E-state index contributed by atoms with van der Waals surface area (Å²) in [6.45, 7) is 6.89. The van der Waals surface area contributed by atoms with Crippen LogP contribution in [0.3, 0.4) is 0 Å². The van der Waals surface area contributed by atoms with Crippen molar-refractivity contribution in [3.05, 3.63) is 35.9 Å². The van der Waals surface area contributed by atoms with Crippen LogP contribution >= 0.6 is 0 Å². The predicted molar refractivity (Wildman–Crippen MR) is 90.2 cm³/mol. The zero-order valence-corrected chi connectivity index (χ0v) is 14.5. The van der Waals surface area contributed by atoms with Crippen molar-refractivity contribution in [3.8, 4) is 0 Å². The molecule has 0 radical (unpaired) electrons. The van der Waals surface area contributed by atoms with Crippen LogP contribution in [0, 0.1) is 11.3 Å². The molecule has 1 aliphatic carbocycles. The van der Waals surface area contributed by atoms with Crippen LogP contribution in [-0.4, -0.2) is 42.8 Å². The maximum atomic E-state index is 6.57. The third kappa shape index (κ3) is 2.00. The average molecular weight is 329 g/mol. The van der Waals surface area contributed by atoms with E-state index in [1.54, 1.807) is 0 Å². The van der Waals surface area contributed by atoms with E-state index in [0.29, 0.717) is 5.92 Å². The van der Waals surface area contributed by atoms with Gasteiger partial charge in [0.05, 0.1) is 13.2 Å². The van der Waals surface area contributed by atoms with Gasteiger partial charge in [0.15, 0.2) is 5.79 Å². The number of benzene rings is 1. The normalized spacial score (nSPS) is 40.8. The first-order valence-corrected chi connectivity index (χ1v) is 9.37.